The van der Waals surface area contributed by atoms with Gasteiger partial charge in [-0.15, -0.1) is 0 Å². The molecule has 3 rings (SSSR count). The molecule has 2 aromatic rings. The fourth-order valence-corrected chi connectivity index (χ4v) is 2.62. The molecule has 0 saturated heterocycles. The number of halogens is 2. The number of aromatic carboxylic acids is 1. The van der Waals surface area contributed by atoms with Crippen molar-refractivity contribution in [2.45, 2.75) is 13.0 Å². The Kier molecular flexibility index (Phi) is 3.33. The highest BCUT2D eigenvalue weighted by molar-refractivity contribution is 5.89. The van der Waals surface area contributed by atoms with Crippen LogP contribution in [0.3, 0.4) is 0 Å². The van der Waals surface area contributed by atoms with E-state index in [1.54, 1.807) is 18.2 Å². The summed E-state index contributed by atoms with van der Waals surface area (Å²) in [5.41, 5.74) is 2.26. The van der Waals surface area contributed by atoms with Crippen molar-refractivity contribution in [1.82, 2.24) is 0 Å². The normalized spacial score (nSPS) is 13.3. The lowest BCUT2D eigenvalue weighted by atomic mass is 10.1. The lowest BCUT2D eigenvalue weighted by molar-refractivity contribution is 0.0697. The predicted molar refractivity (Wildman–Crippen MR) is 74.5 cm³/mol. The molecule has 108 valence electrons. The van der Waals surface area contributed by atoms with Gasteiger partial charge in [-0.25, -0.2) is 13.6 Å². The third-order valence-electron chi connectivity index (χ3n) is 3.72. The van der Waals surface area contributed by atoms with Crippen LogP contribution in [-0.2, 0) is 13.0 Å². The minimum absolute atomic E-state index is 0.195. The van der Waals surface area contributed by atoms with Crippen LogP contribution in [0.1, 0.15) is 21.5 Å². The zero-order valence-electron chi connectivity index (χ0n) is 11.1. The molecular weight excluding hydrogens is 276 g/mol. The van der Waals surface area contributed by atoms with Gasteiger partial charge in [0.25, 0.3) is 0 Å². The molecule has 1 heterocycles. The van der Waals surface area contributed by atoms with Crippen LogP contribution in [0.4, 0.5) is 14.5 Å². The molecule has 0 fully saturated rings. The lowest BCUT2D eigenvalue weighted by Crippen LogP contribution is -2.21. The SMILES string of the molecule is O=C(O)c1ccc2c(c1)N(Cc1cccc(F)c1F)CC2. The van der Waals surface area contributed by atoms with Crippen molar-refractivity contribution >= 4 is 11.7 Å². The summed E-state index contributed by atoms with van der Waals surface area (Å²) in [5, 5.41) is 9.04. The van der Waals surface area contributed by atoms with Crippen LogP contribution in [0, 0.1) is 11.6 Å². The van der Waals surface area contributed by atoms with Crippen molar-refractivity contribution in [3.8, 4) is 0 Å². The Hall–Kier alpha value is -2.43. The maximum absolute atomic E-state index is 13.7. The van der Waals surface area contributed by atoms with Gasteiger partial charge in [0, 0.05) is 24.3 Å². The van der Waals surface area contributed by atoms with E-state index >= 15 is 0 Å². The fraction of sp³-hybridized carbons (Fsp3) is 0.188. The molecule has 0 radical (unpaired) electrons. The highest BCUT2D eigenvalue weighted by Gasteiger charge is 2.22. The summed E-state index contributed by atoms with van der Waals surface area (Å²) in [7, 11) is 0. The van der Waals surface area contributed by atoms with Gasteiger partial charge in [-0.05, 0) is 30.2 Å². The van der Waals surface area contributed by atoms with Crippen LogP contribution in [-0.4, -0.2) is 17.6 Å². The van der Waals surface area contributed by atoms with Gasteiger partial charge < -0.3 is 10.0 Å². The van der Waals surface area contributed by atoms with Gasteiger partial charge in [0.1, 0.15) is 0 Å². The quantitative estimate of drug-likeness (QED) is 0.943. The fourth-order valence-electron chi connectivity index (χ4n) is 2.62. The molecule has 0 bridgehead atoms. The van der Waals surface area contributed by atoms with E-state index in [-0.39, 0.29) is 17.7 Å². The first-order chi connectivity index (χ1) is 10.1. The Morgan fingerprint density at radius 2 is 2.05 bits per heavy atom. The summed E-state index contributed by atoms with van der Waals surface area (Å²) in [4.78, 5) is 12.9. The standard InChI is InChI=1S/C16H13F2NO2/c17-13-3-1-2-12(15(13)18)9-19-7-6-10-4-5-11(16(20)21)8-14(10)19/h1-5,8H,6-7,9H2,(H,20,21). The van der Waals surface area contributed by atoms with Crippen LogP contribution < -0.4 is 4.90 Å². The van der Waals surface area contributed by atoms with Crippen molar-refractivity contribution in [2.24, 2.45) is 0 Å². The van der Waals surface area contributed by atoms with E-state index in [0.717, 1.165) is 23.7 Å². The first-order valence-corrected chi connectivity index (χ1v) is 6.60. The number of anilines is 1. The van der Waals surface area contributed by atoms with Crippen LogP contribution >= 0.6 is 0 Å². The van der Waals surface area contributed by atoms with Gasteiger partial charge in [-0.3, -0.25) is 0 Å². The largest absolute Gasteiger partial charge is 0.478 e. The average molecular weight is 289 g/mol. The molecule has 0 aliphatic carbocycles. The summed E-state index contributed by atoms with van der Waals surface area (Å²) >= 11 is 0. The molecule has 0 amide bonds. The molecule has 0 spiro atoms. The topological polar surface area (TPSA) is 40.5 Å². The first kappa shape index (κ1) is 13.5. The number of carboxylic acids is 1. The second-order valence-corrected chi connectivity index (χ2v) is 5.03. The first-order valence-electron chi connectivity index (χ1n) is 6.60. The molecule has 5 heteroatoms. The summed E-state index contributed by atoms with van der Waals surface area (Å²) in [5.74, 6) is -2.71. The van der Waals surface area contributed by atoms with Gasteiger partial charge in [-0.2, -0.15) is 0 Å². The molecule has 21 heavy (non-hydrogen) atoms. The van der Waals surface area contributed by atoms with Crippen molar-refractivity contribution < 1.29 is 18.7 Å². The van der Waals surface area contributed by atoms with E-state index in [1.807, 2.05) is 4.90 Å². The third kappa shape index (κ3) is 2.46. The predicted octanol–water partition coefficient (Wildman–Crippen LogP) is 3.23. The van der Waals surface area contributed by atoms with Gasteiger partial charge >= 0.3 is 5.97 Å². The minimum atomic E-state index is -0.999. The Morgan fingerprint density at radius 3 is 2.81 bits per heavy atom. The van der Waals surface area contributed by atoms with E-state index in [1.165, 1.54) is 12.1 Å². The molecule has 1 aliphatic rings. The summed E-state index contributed by atoms with van der Waals surface area (Å²) in [6.45, 7) is 0.883. The van der Waals surface area contributed by atoms with Gasteiger partial charge in [0.2, 0.25) is 0 Å². The molecule has 0 saturated carbocycles. The van der Waals surface area contributed by atoms with E-state index < -0.39 is 17.6 Å². The monoisotopic (exact) mass is 289 g/mol. The number of hydrogen-bond donors (Lipinski definition) is 1. The maximum atomic E-state index is 13.7. The third-order valence-corrected chi connectivity index (χ3v) is 3.72. The second-order valence-electron chi connectivity index (χ2n) is 5.03. The highest BCUT2D eigenvalue weighted by atomic mass is 19.2. The van der Waals surface area contributed by atoms with Crippen molar-refractivity contribution in [2.75, 3.05) is 11.4 Å². The van der Waals surface area contributed by atoms with E-state index in [0.29, 0.717) is 6.54 Å². The van der Waals surface area contributed by atoms with E-state index in [2.05, 4.69) is 0 Å². The molecule has 3 nitrogen and oxygen atoms in total. The van der Waals surface area contributed by atoms with Crippen molar-refractivity contribution in [1.29, 1.82) is 0 Å². The Balaban J connectivity index is 1.92. The molecule has 2 aromatic carbocycles. The highest BCUT2D eigenvalue weighted by Crippen LogP contribution is 2.31. The molecule has 1 aliphatic heterocycles. The van der Waals surface area contributed by atoms with Crippen molar-refractivity contribution in [3.05, 3.63) is 64.7 Å². The number of carboxylic acid groups (broad SMARTS) is 1. The Morgan fingerprint density at radius 1 is 1.24 bits per heavy atom. The van der Waals surface area contributed by atoms with Crippen LogP contribution in [0.15, 0.2) is 36.4 Å². The summed E-state index contributed by atoms with van der Waals surface area (Å²) in [6, 6.07) is 9.02. The number of hydrogen-bond acceptors (Lipinski definition) is 2. The number of rotatable bonds is 3. The van der Waals surface area contributed by atoms with Crippen molar-refractivity contribution in [3.63, 3.8) is 0 Å². The lowest BCUT2D eigenvalue weighted by Gasteiger charge is -2.20. The zero-order chi connectivity index (χ0) is 15.0. The Bertz CT molecular complexity index is 715. The smallest absolute Gasteiger partial charge is 0.335 e. The van der Waals surface area contributed by atoms with Gasteiger partial charge in [0.15, 0.2) is 11.6 Å². The Labute approximate surface area is 120 Å². The van der Waals surface area contributed by atoms with Crippen LogP contribution in [0.2, 0.25) is 0 Å². The summed E-state index contributed by atoms with van der Waals surface area (Å²) < 4.78 is 27.0. The molecule has 0 aromatic heterocycles. The van der Waals surface area contributed by atoms with E-state index in [9.17, 15) is 13.6 Å². The van der Waals surface area contributed by atoms with Crippen LogP contribution in [0.5, 0.6) is 0 Å². The van der Waals surface area contributed by atoms with Gasteiger partial charge in [0.05, 0.1) is 5.56 Å². The van der Waals surface area contributed by atoms with Gasteiger partial charge in [-0.1, -0.05) is 18.2 Å². The molecule has 0 unspecified atom stereocenters. The summed E-state index contributed by atoms with van der Waals surface area (Å²) in [6.07, 6.45) is 0.770. The van der Waals surface area contributed by atoms with Crippen LogP contribution in [0.25, 0.3) is 0 Å². The average Bonchev–Trinajstić information content (AvgIpc) is 2.86. The maximum Gasteiger partial charge on any atom is 0.335 e. The number of nitrogens with zero attached hydrogens (tertiary/aromatic N) is 1. The molecule has 0 atom stereocenters. The van der Waals surface area contributed by atoms with E-state index in [4.69, 9.17) is 5.11 Å². The molecular formula is C16H13F2NO2. The number of benzene rings is 2. The number of fused-ring (bicyclic) bond motifs is 1. The number of carbonyl (C=O) groups is 1. The second kappa shape index (κ2) is 5.16. The zero-order valence-corrected chi connectivity index (χ0v) is 11.1. The molecule has 1 N–H and O–H groups in total. The minimum Gasteiger partial charge on any atom is -0.478 e.